The monoisotopic (exact) mass is 289 g/mol. The molecule has 0 atom stereocenters. The average molecular weight is 289 g/mol. The topological polar surface area (TPSA) is 55.1 Å². The van der Waals surface area contributed by atoms with E-state index in [0.717, 1.165) is 28.4 Å². The number of fused-ring (bicyclic) bond motifs is 3. The largest absolute Gasteiger partial charge is 0.264 e. The van der Waals surface area contributed by atoms with Crippen LogP contribution in [0.1, 0.15) is 22.5 Å². The molecule has 0 saturated heterocycles. The molecule has 2 aromatic carbocycles. The molecule has 5 heteroatoms. The molecule has 0 spiro atoms. The minimum Gasteiger partial charge on any atom is -0.264 e. The van der Waals surface area contributed by atoms with Gasteiger partial charge in [-0.2, -0.15) is 5.10 Å². The van der Waals surface area contributed by atoms with Crippen molar-refractivity contribution in [3.05, 3.63) is 71.0 Å². The van der Waals surface area contributed by atoms with Crippen molar-refractivity contribution >= 4 is 11.7 Å². The molecule has 1 aliphatic heterocycles. The summed E-state index contributed by atoms with van der Waals surface area (Å²) in [4.78, 5) is 0. The van der Waals surface area contributed by atoms with Crippen LogP contribution >= 0.6 is 0 Å². The second-order valence-corrected chi connectivity index (χ2v) is 5.37. The maximum atomic E-state index is 4.56. The van der Waals surface area contributed by atoms with Crippen LogP contribution in [-0.4, -0.2) is 20.5 Å². The molecule has 1 N–H and O–H groups in total. The highest BCUT2D eigenvalue weighted by atomic mass is 15.5. The minimum atomic E-state index is 0.635. The van der Waals surface area contributed by atoms with E-state index >= 15 is 0 Å². The molecule has 0 bridgehead atoms. The van der Waals surface area contributed by atoms with Gasteiger partial charge >= 0.3 is 0 Å². The van der Waals surface area contributed by atoms with Crippen LogP contribution in [0.5, 0.6) is 0 Å². The maximum Gasteiger partial charge on any atom is 0.249 e. The third-order valence-electron chi connectivity index (χ3n) is 3.79. The first kappa shape index (κ1) is 12.8. The van der Waals surface area contributed by atoms with Crippen molar-refractivity contribution in [1.82, 2.24) is 14.8 Å². The summed E-state index contributed by atoms with van der Waals surface area (Å²) in [6.45, 7) is 4.02. The number of benzene rings is 2. The zero-order chi connectivity index (χ0) is 15.1. The van der Waals surface area contributed by atoms with Crippen LogP contribution in [0.4, 0.5) is 5.95 Å². The van der Waals surface area contributed by atoms with Gasteiger partial charge in [0.25, 0.3) is 0 Å². The summed E-state index contributed by atoms with van der Waals surface area (Å²) in [6.07, 6.45) is 0. The van der Waals surface area contributed by atoms with Gasteiger partial charge in [-0.3, -0.25) is 4.57 Å². The zero-order valence-corrected chi connectivity index (χ0v) is 12.4. The van der Waals surface area contributed by atoms with Crippen molar-refractivity contribution < 1.29 is 0 Å². The van der Waals surface area contributed by atoms with Crippen LogP contribution in [0.15, 0.2) is 53.6 Å². The lowest BCUT2D eigenvalue weighted by molar-refractivity contribution is 0.968. The Kier molecular flexibility index (Phi) is 2.79. The fourth-order valence-electron chi connectivity index (χ4n) is 2.73. The summed E-state index contributed by atoms with van der Waals surface area (Å²) < 4.78 is 2.00. The summed E-state index contributed by atoms with van der Waals surface area (Å²) in [6, 6.07) is 16.5. The number of hydrazone groups is 1. The number of nitrogens with zero attached hydrogens (tertiary/aromatic N) is 4. The van der Waals surface area contributed by atoms with Gasteiger partial charge in [0.2, 0.25) is 5.95 Å². The second-order valence-electron chi connectivity index (χ2n) is 5.37. The van der Waals surface area contributed by atoms with Crippen LogP contribution in [0.25, 0.3) is 5.69 Å². The number of nitrogens with one attached hydrogen (secondary N) is 1. The highest BCUT2D eigenvalue weighted by molar-refractivity contribution is 6.15. The number of anilines is 1. The Morgan fingerprint density at radius 2 is 1.77 bits per heavy atom. The molecule has 3 aromatic rings. The summed E-state index contributed by atoms with van der Waals surface area (Å²) in [5.74, 6) is 1.47. The summed E-state index contributed by atoms with van der Waals surface area (Å²) in [5, 5.41) is 12.9. The number of rotatable bonds is 1. The van der Waals surface area contributed by atoms with Gasteiger partial charge in [0.15, 0.2) is 0 Å². The van der Waals surface area contributed by atoms with Crippen LogP contribution in [0, 0.1) is 13.8 Å². The van der Waals surface area contributed by atoms with Gasteiger partial charge in [-0.05, 0) is 25.5 Å². The fraction of sp³-hybridized carbons (Fsp3) is 0.118. The summed E-state index contributed by atoms with van der Waals surface area (Å²) in [7, 11) is 0. The average Bonchev–Trinajstić information content (AvgIpc) is 2.82. The molecule has 0 amide bonds. The van der Waals surface area contributed by atoms with Gasteiger partial charge < -0.3 is 0 Å². The quantitative estimate of drug-likeness (QED) is 0.749. The molecular formula is C17H15N5. The summed E-state index contributed by atoms with van der Waals surface area (Å²) in [5.41, 5.74) is 8.30. The summed E-state index contributed by atoms with van der Waals surface area (Å²) >= 11 is 0. The number of aryl methyl sites for hydroxylation is 2. The Bertz CT molecular complexity index is 877. The Balaban J connectivity index is 2.01. The molecular weight excluding hydrogens is 274 g/mol. The molecule has 1 aliphatic rings. The molecule has 0 saturated carbocycles. The van der Waals surface area contributed by atoms with Crippen molar-refractivity contribution in [3.63, 3.8) is 0 Å². The van der Waals surface area contributed by atoms with E-state index in [1.165, 1.54) is 5.56 Å². The van der Waals surface area contributed by atoms with Gasteiger partial charge in [0.1, 0.15) is 5.82 Å². The van der Waals surface area contributed by atoms with Gasteiger partial charge in [0, 0.05) is 11.1 Å². The van der Waals surface area contributed by atoms with Crippen LogP contribution in [-0.2, 0) is 0 Å². The molecule has 5 nitrogen and oxygen atoms in total. The Morgan fingerprint density at radius 1 is 0.955 bits per heavy atom. The van der Waals surface area contributed by atoms with Crippen LogP contribution in [0.3, 0.4) is 0 Å². The zero-order valence-electron chi connectivity index (χ0n) is 12.4. The standard InChI is InChI=1S/C17H15N5/c1-11-8-9-14-15(10-11)22-12(2)18-20-17(22)21-19-16(14)13-6-4-3-5-7-13/h3-10H,1-2H3,(H,20,21). The molecule has 0 aliphatic carbocycles. The van der Waals surface area contributed by atoms with E-state index in [4.69, 9.17) is 0 Å². The molecule has 0 radical (unpaired) electrons. The van der Waals surface area contributed by atoms with E-state index < -0.39 is 0 Å². The lowest BCUT2D eigenvalue weighted by Crippen LogP contribution is -2.08. The van der Waals surface area contributed by atoms with E-state index in [1.54, 1.807) is 0 Å². The van der Waals surface area contributed by atoms with E-state index in [1.807, 2.05) is 29.7 Å². The van der Waals surface area contributed by atoms with Crippen molar-refractivity contribution in [1.29, 1.82) is 0 Å². The molecule has 22 heavy (non-hydrogen) atoms. The SMILES string of the molecule is Cc1ccc2c(c1)-n1c(C)nnc1NN=C2c1ccccc1. The highest BCUT2D eigenvalue weighted by Gasteiger charge is 2.21. The molecule has 2 heterocycles. The van der Waals surface area contributed by atoms with Crippen molar-refractivity contribution in [2.75, 3.05) is 5.43 Å². The molecule has 0 unspecified atom stereocenters. The lowest BCUT2D eigenvalue weighted by Gasteiger charge is -2.12. The van der Waals surface area contributed by atoms with Gasteiger partial charge in [0.05, 0.1) is 11.4 Å². The van der Waals surface area contributed by atoms with Crippen LogP contribution in [0.2, 0.25) is 0 Å². The van der Waals surface area contributed by atoms with E-state index in [2.05, 4.69) is 58.0 Å². The van der Waals surface area contributed by atoms with Gasteiger partial charge in [-0.25, -0.2) is 5.43 Å². The number of hydrogen-bond acceptors (Lipinski definition) is 4. The second kappa shape index (κ2) is 4.80. The lowest BCUT2D eigenvalue weighted by atomic mass is 9.99. The van der Waals surface area contributed by atoms with Gasteiger partial charge in [-0.1, -0.05) is 42.5 Å². The Labute approximate surface area is 128 Å². The predicted octanol–water partition coefficient (Wildman–Crippen LogP) is 3.06. The fourth-order valence-corrected chi connectivity index (χ4v) is 2.73. The third-order valence-corrected chi connectivity index (χ3v) is 3.79. The van der Waals surface area contributed by atoms with Gasteiger partial charge in [-0.15, -0.1) is 10.2 Å². The Hall–Kier alpha value is -2.95. The molecule has 4 rings (SSSR count). The van der Waals surface area contributed by atoms with E-state index in [9.17, 15) is 0 Å². The third kappa shape index (κ3) is 1.90. The first-order chi connectivity index (χ1) is 10.7. The molecule has 108 valence electrons. The Morgan fingerprint density at radius 3 is 2.59 bits per heavy atom. The molecule has 1 aromatic heterocycles. The number of hydrogen-bond donors (Lipinski definition) is 1. The van der Waals surface area contributed by atoms with Crippen molar-refractivity contribution in [3.8, 4) is 5.69 Å². The predicted molar refractivity (Wildman–Crippen MR) is 86.5 cm³/mol. The first-order valence-electron chi connectivity index (χ1n) is 7.16. The van der Waals surface area contributed by atoms with Crippen LogP contribution < -0.4 is 5.43 Å². The van der Waals surface area contributed by atoms with Crippen molar-refractivity contribution in [2.24, 2.45) is 5.10 Å². The molecule has 0 fully saturated rings. The maximum absolute atomic E-state index is 4.56. The minimum absolute atomic E-state index is 0.635. The first-order valence-corrected chi connectivity index (χ1v) is 7.16. The smallest absolute Gasteiger partial charge is 0.249 e. The number of aromatic nitrogens is 3. The van der Waals surface area contributed by atoms with E-state index in [0.29, 0.717) is 5.95 Å². The van der Waals surface area contributed by atoms with Crippen molar-refractivity contribution in [2.45, 2.75) is 13.8 Å². The van der Waals surface area contributed by atoms with E-state index in [-0.39, 0.29) is 0 Å². The normalized spacial score (nSPS) is 12.7. The highest BCUT2D eigenvalue weighted by Crippen LogP contribution is 2.27.